The van der Waals surface area contributed by atoms with Crippen LogP contribution in [0.3, 0.4) is 0 Å². The Morgan fingerprint density at radius 1 is 1.32 bits per heavy atom. The first-order valence-corrected chi connectivity index (χ1v) is 8.99. The fourth-order valence-corrected chi connectivity index (χ4v) is 3.72. The molecule has 25 heavy (non-hydrogen) atoms. The average molecular weight is 355 g/mol. The molecule has 0 spiro atoms. The van der Waals surface area contributed by atoms with Crippen molar-refractivity contribution in [2.75, 3.05) is 0 Å². The Balaban J connectivity index is 1.94. The Kier molecular flexibility index (Phi) is 5.24. The van der Waals surface area contributed by atoms with E-state index in [9.17, 15) is 4.79 Å². The molecule has 1 aliphatic heterocycles. The van der Waals surface area contributed by atoms with Gasteiger partial charge in [0.25, 0.3) is 0 Å². The third kappa shape index (κ3) is 3.77. The monoisotopic (exact) mass is 354 g/mol. The maximum atomic E-state index is 13.3. The van der Waals surface area contributed by atoms with Crippen molar-refractivity contribution in [3.05, 3.63) is 77.6 Å². The molecule has 1 saturated heterocycles. The topological polar surface area (TPSA) is 33.2 Å². The zero-order chi connectivity index (χ0) is 17.9. The van der Waals surface area contributed by atoms with Crippen LogP contribution >= 0.6 is 11.6 Å². The third-order valence-electron chi connectivity index (χ3n) is 5.03. The lowest BCUT2D eigenvalue weighted by atomic mass is 9.75. The number of likely N-dealkylation sites (tertiary alicyclic amines) is 1. The molecule has 1 aromatic heterocycles. The number of hydrogen-bond donors (Lipinski definition) is 0. The van der Waals surface area contributed by atoms with Crippen LogP contribution in [0, 0.1) is 5.41 Å². The summed E-state index contributed by atoms with van der Waals surface area (Å²) in [6.07, 6.45) is 6.08. The highest BCUT2D eigenvalue weighted by Crippen LogP contribution is 2.43. The number of nitrogens with zero attached hydrogens (tertiary/aromatic N) is 2. The lowest BCUT2D eigenvalue weighted by Gasteiger charge is -2.44. The molecular weight excluding hydrogens is 332 g/mol. The van der Waals surface area contributed by atoms with Crippen molar-refractivity contribution in [2.24, 2.45) is 5.41 Å². The Hall–Kier alpha value is -2.13. The van der Waals surface area contributed by atoms with E-state index in [0.29, 0.717) is 18.0 Å². The van der Waals surface area contributed by atoms with Crippen LogP contribution in [-0.4, -0.2) is 15.8 Å². The lowest BCUT2D eigenvalue weighted by molar-refractivity contribution is -0.150. The number of pyridine rings is 1. The van der Waals surface area contributed by atoms with Gasteiger partial charge in [-0.15, -0.1) is 6.58 Å². The van der Waals surface area contributed by atoms with Crippen LogP contribution in [0.15, 0.2) is 61.3 Å². The number of amides is 1. The van der Waals surface area contributed by atoms with E-state index in [1.807, 2.05) is 60.4 Å². The largest absolute Gasteiger partial charge is 0.329 e. The first-order chi connectivity index (χ1) is 12.0. The van der Waals surface area contributed by atoms with Crippen LogP contribution in [-0.2, 0) is 11.3 Å². The first kappa shape index (κ1) is 17.7. The highest BCUT2D eigenvalue weighted by atomic mass is 35.5. The summed E-state index contributed by atoms with van der Waals surface area (Å²) in [5.74, 6) is 0.171. The second-order valence-electron chi connectivity index (χ2n) is 6.91. The molecule has 2 aromatic rings. The van der Waals surface area contributed by atoms with Gasteiger partial charge in [0.15, 0.2) is 0 Å². The molecule has 0 saturated carbocycles. The summed E-state index contributed by atoms with van der Waals surface area (Å²) < 4.78 is 0. The van der Waals surface area contributed by atoms with Crippen LogP contribution in [0.25, 0.3) is 0 Å². The van der Waals surface area contributed by atoms with Crippen molar-refractivity contribution >= 4 is 17.5 Å². The van der Waals surface area contributed by atoms with E-state index in [2.05, 4.69) is 11.6 Å². The molecule has 0 radical (unpaired) electrons. The van der Waals surface area contributed by atoms with E-state index in [1.165, 1.54) is 0 Å². The highest BCUT2D eigenvalue weighted by Gasteiger charge is 2.43. The van der Waals surface area contributed by atoms with Gasteiger partial charge in [0, 0.05) is 11.2 Å². The number of allylic oxidation sites excluding steroid dienone is 1. The number of carbonyl (C=O) groups excluding carboxylic acids is 1. The van der Waals surface area contributed by atoms with Crippen LogP contribution < -0.4 is 0 Å². The Morgan fingerprint density at radius 3 is 2.72 bits per heavy atom. The number of rotatable bonds is 5. The second kappa shape index (κ2) is 7.40. The minimum atomic E-state index is -0.389. The van der Waals surface area contributed by atoms with Gasteiger partial charge in [0.2, 0.25) is 5.91 Å². The molecule has 0 bridgehead atoms. The van der Waals surface area contributed by atoms with Crippen molar-refractivity contribution in [3.8, 4) is 0 Å². The molecular formula is C21H23ClN2O. The quantitative estimate of drug-likeness (QED) is 0.693. The smallest absolute Gasteiger partial charge is 0.229 e. The molecule has 0 N–H and O–H groups in total. The molecule has 4 heteroatoms. The summed E-state index contributed by atoms with van der Waals surface area (Å²) in [6.45, 7) is 6.39. The maximum absolute atomic E-state index is 13.3. The summed E-state index contributed by atoms with van der Waals surface area (Å²) >= 11 is 6.03. The molecule has 1 unspecified atom stereocenters. The van der Waals surface area contributed by atoms with E-state index < -0.39 is 0 Å². The molecule has 2 heterocycles. The van der Waals surface area contributed by atoms with E-state index >= 15 is 0 Å². The summed E-state index contributed by atoms with van der Waals surface area (Å²) in [7, 11) is 0. The second-order valence-corrected chi connectivity index (χ2v) is 7.35. The van der Waals surface area contributed by atoms with Crippen LogP contribution in [0.5, 0.6) is 0 Å². The Morgan fingerprint density at radius 2 is 2.08 bits per heavy atom. The normalized spacial score (nSPS) is 23.5. The summed E-state index contributed by atoms with van der Waals surface area (Å²) in [6, 6.07) is 13.7. The Labute approximate surface area is 154 Å². The van der Waals surface area contributed by atoms with E-state index in [0.717, 1.165) is 24.1 Å². The molecule has 130 valence electrons. The standard InChI is InChI=1S/C21H23ClN2O/c1-3-12-21(2)13-11-19(16-7-9-17(22)10-8-16)24(20(21)25)15-18-6-4-5-14-23-18/h3-10,14,19H,1,11-13,15H2,2H3/t19?,21-/m0/s1. The third-order valence-corrected chi connectivity index (χ3v) is 5.28. The number of carbonyl (C=O) groups is 1. The minimum absolute atomic E-state index is 0.0460. The van der Waals surface area contributed by atoms with Crippen molar-refractivity contribution < 1.29 is 4.79 Å². The Bertz CT molecular complexity index is 744. The van der Waals surface area contributed by atoms with Gasteiger partial charge in [-0.3, -0.25) is 9.78 Å². The minimum Gasteiger partial charge on any atom is -0.329 e. The van der Waals surface area contributed by atoms with Crippen LogP contribution in [0.1, 0.15) is 43.5 Å². The molecule has 3 nitrogen and oxygen atoms in total. The van der Waals surface area contributed by atoms with Gasteiger partial charge in [-0.25, -0.2) is 0 Å². The zero-order valence-electron chi connectivity index (χ0n) is 14.5. The zero-order valence-corrected chi connectivity index (χ0v) is 15.2. The van der Waals surface area contributed by atoms with E-state index in [4.69, 9.17) is 11.6 Å². The molecule has 0 aliphatic carbocycles. The lowest BCUT2D eigenvalue weighted by Crippen LogP contribution is -2.48. The van der Waals surface area contributed by atoms with Gasteiger partial charge in [-0.1, -0.05) is 42.8 Å². The number of benzene rings is 1. The van der Waals surface area contributed by atoms with E-state index in [1.54, 1.807) is 6.20 Å². The van der Waals surface area contributed by atoms with Crippen molar-refractivity contribution in [3.63, 3.8) is 0 Å². The average Bonchev–Trinajstić information content (AvgIpc) is 2.62. The van der Waals surface area contributed by atoms with Crippen molar-refractivity contribution in [1.82, 2.24) is 9.88 Å². The maximum Gasteiger partial charge on any atom is 0.229 e. The van der Waals surface area contributed by atoms with Gasteiger partial charge < -0.3 is 4.90 Å². The van der Waals surface area contributed by atoms with Crippen LogP contribution in [0.2, 0.25) is 5.02 Å². The summed E-state index contributed by atoms with van der Waals surface area (Å²) in [4.78, 5) is 19.7. The van der Waals surface area contributed by atoms with Crippen molar-refractivity contribution in [1.29, 1.82) is 0 Å². The molecule has 1 aliphatic rings. The molecule has 1 amide bonds. The van der Waals surface area contributed by atoms with Gasteiger partial charge >= 0.3 is 0 Å². The van der Waals surface area contributed by atoms with Gasteiger partial charge in [-0.2, -0.15) is 0 Å². The van der Waals surface area contributed by atoms with Gasteiger partial charge in [0.1, 0.15) is 0 Å². The number of halogens is 1. The highest BCUT2D eigenvalue weighted by molar-refractivity contribution is 6.30. The van der Waals surface area contributed by atoms with Crippen LogP contribution in [0.4, 0.5) is 0 Å². The predicted molar refractivity (Wildman–Crippen MR) is 101 cm³/mol. The predicted octanol–water partition coefficient (Wildman–Crippen LogP) is 5.18. The number of aromatic nitrogens is 1. The summed E-state index contributed by atoms with van der Waals surface area (Å²) in [5, 5.41) is 0.707. The molecule has 2 atom stereocenters. The van der Waals surface area contributed by atoms with Crippen molar-refractivity contribution in [2.45, 2.75) is 38.8 Å². The SMILES string of the molecule is C=CC[C@@]1(C)CCC(c2ccc(Cl)cc2)N(Cc2ccccn2)C1=O. The summed E-state index contributed by atoms with van der Waals surface area (Å²) in [5.41, 5.74) is 1.63. The fraction of sp³-hybridized carbons (Fsp3) is 0.333. The number of hydrogen-bond acceptors (Lipinski definition) is 2. The molecule has 1 fully saturated rings. The first-order valence-electron chi connectivity index (χ1n) is 8.61. The fourth-order valence-electron chi connectivity index (χ4n) is 3.59. The number of piperidine rings is 1. The molecule has 1 aromatic carbocycles. The van der Waals surface area contributed by atoms with Gasteiger partial charge in [0.05, 0.1) is 23.7 Å². The van der Waals surface area contributed by atoms with E-state index in [-0.39, 0.29) is 17.4 Å². The van der Waals surface area contributed by atoms with Gasteiger partial charge in [-0.05, 0) is 49.1 Å². The molecule has 3 rings (SSSR count).